The molecule has 3 aliphatic rings. The van der Waals surface area contributed by atoms with Crippen molar-refractivity contribution < 1.29 is 14.3 Å². The van der Waals surface area contributed by atoms with E-state index in [0.717, 1.165) is 50.1 Å². The van der Waals surface area contributed by atoms with E-state index in [-0.39, 0.29) is 17.4 Å². The molecule has 148 valence electrons. The predicted molar refractivity (Wildman–Crippen MR) is 106 cm³/mol. The number of hydrogen-bond acceptors (Lipinski definition) is 4. The average molecular weight is 391 g/mol. The van der Waals surface area contributed by atoms with Crippen LogP contribution in [0.2, 0.25) is 0 Å². The third-order valence-corrected chi connectivity index (χ3v) is 7.76. The van der Waals surface area contributed by atoms with Crippen LogP contribution < -0.4 is 5.32 Å². The smallest absolute Gasteiger partial charge is 0.261 e. The van der Waals surface area contributed by atoms with E-state index in [1.54, 1.807) is 18.3 Å². The largest absolute Gasteiger partial charge is 0.369 e. The van der Waals surface area contributed by atoms with E-state index in [1.165, 1.54) is 36.1 Å². The number of nitrogens with zero attached hydrogens (tertiary/aromatic N) is 1. The molecule has 1 saturated heterocycles. The highest BCUT2D eigenvalue weighted by molar-refractivity contribution is 7.14. The second-order valence-electron chi connectivity index (χ2n) is 8.23. The highest BCUT2D eigenvalue weighted by Gasteiger charge is 2.43. The van der Waals surface area contributed by atoms with Gasteiger partial charge < -0.3 is 15.0 Å². The monoisotopic (exact) mass is 390 g/mol. The van der Waals surface area contributed by atoms with E-state index < -0.39 is 0 Å². The molecule has 6 heteroatoms. The van der Waals surface area contributed by atoms with E-state index in [4.69, 9.17) is 4.74 Å². The standard InChI is InChI=1S/C21H30N2O3S/c1-15(24)23-11-9-21(10-12-23)19-16(8-13-26-21)14-18(27-19)20(25)22-17-6-4-2-3-5-7-17/h14,17H,2-13H2,1H3,(H,22,25). The number of carbonyl (C=O) groups excluding carboxylic acids is 2. The first kappa shape index (κ1) is 18.9. The van der Waals surface area contributed by atoms with Crippen molar-refractivity contribution in [2.45, 2.75) is 76.4 Å². The highest BCUT2D eigenvalue weighted by Crippen LogP contribution is 2.45. The summed E-state index contributed by atoms with van der Waals surface area (Å²) in [6.45, 7) is 3.80. The van der Waals surface area contributed by atoms with Crippen molar-refractivity contribution in [3.05, 3.63) is 21.4 Å². The lowest BCUT2D eigenvalue weighted by molar-refractivity contribution is -0.138. The minimum Gasteiger partial charge on any atom is -0.369 e. The lowest BCUT2D eigenvalue weighted by Gasteiger charge is -2.43. The van der Waals surface area contributed by atoms with Gasteiger partial charge in [0.1, 0.15) is 5.60 Å². The number of fused-ring (bicyclic) bond motifs is 2. The van der Waals surface area contributed by atoms with Crippen molar-refractivity contribution in [2.24, 2.45) is 0 Å². The summed E-state index contributed by atoms with van der Waals surface area (Å²) in [7, 11) is 0. The maximum absolute atomic E-state index is 12.9. The molecule has 0 atom stereocenters. The van der Waals surface area contributed by atoms with Gasteiger partial charge in [-0.3, -0.25) is 9.59 Å². The van der Waals surface area contributed by atoms with Crippen LogP contribution in [0.1, 0.15) is 78.4 Å². The minimum absolute atomic E-state index is 0.0811. The number of carbonyl (C=O) groups is 2. The van der Waals surface area contributed by atoms with Crippen LogP contribution in [0.25, 0.3) is 0 Å². The van der Waals surface area contributed by atoms with Crippen LogP contribution in [0.15, 0.2) is 6.07 Å². The lowest BCUT2D eigenvalue weighted by Crippen LogP contribution is -2.47. The quantitative estimate of drug-likeness (QED) is 0.785. The number of hydrogen-bond donors (Lipinski definition) is 1. The van der Waals surface area contributed by atoms with Crippen LogP contribution in [0.4, 0.5) is 0 Å². The molecule has 27 heavy (non-hydrogen) atoms. The van der Waals surface area contributed by atoms with Crippen molar-refractivity contribution >= 4 is 23.2 Å². The van der Waals surface area contributed by atoms with Crippen LogP contribution in [0.3, 0.4) is 0 Å². The van der Waals surface area contributed by atoms with Crippen LogP contribution in [-0.4, -0.2) is 42.5 Å². The molecule has 1 aromatic rings. The van der Waals surface area contributed by atoms with E-state index in [0.29, 0.717) is 12.6 Å². The first-order valence-corrected chi connectivity index (χ1v) is 11.2. The van der Waals surface area contributed by atoms with Gasteiger partial charge in [-0.15, -0.1) is 11.3 Å². The summed E-state index contributed by atoms with van der Waals surface area (Å²) in [6.07, 6.45) is 9.74. The van der Waals surface area contributed by atoms with Gasteiger partial charge in [0.25, 0.3) is 5.91 Å². The maximum atomic E-state index is 12.9. The number of rotatable bonds is 2. The molecule has 0 bridgehead atoms. The molecule has 3 heterocycles. The number of piperidine rings is 1. The second-order valence-corrected chi connectivity index (χ2v) is 9.28. The summed E-state index contributed by atoms with van der Waals surface area (Å²) in [4.78, 5) is 28.5. The van der Waals surface area contributed by atoms with Gasteiger partial charge in [-0.05, 0) is 43.7 Å². The summed E-state index contributed by atoms with van der Waals surface area (Å²) in [6, 6.07) is 2.41. The Bertz CT molecular complexity index is 698. The zero-order valence-corrected chi connectivity index (χ0v) is 17.0. The fraction of sp³-hybridized carbons (Fsp3) is 0.714. The molecule has 0 unspecified atom stereocenters. The van der Waals surface area contributed by atoms with E-state index in [9.17, 15) is 9.59 Å². The SMILES string of the molecule is CC(=O)N1CCC2(CC1)OCCc1cc(C(=O)NC3CCCCCC3)sc12. The van der Waals surface area contributed by atoms with Crippen LogP contribution in [0.5, 0.6) is 0 Å². The van der Waals surface area contributed by atoms with Crippen molar-refractivity contribution in [2.75, 3.05) is 19.7 Å². The van der Waals surface area contributed by atoms with Gasteiger partial charge in [-0.1, -0.05) is 25.7 Å². The average Bonchev–Trinajstić information content (AvgIpc) is 2.95. The molecule has 1 N–H and O–H groups in total. The van der Waals surface area contributed by atoms with Gasteiger partial charge in [0.05, 0.1) is 11.5 Å². The fourth-order valence-electron chi connectivity index (χ4n) is 4.77. The first-order chi connectivity index (χ1) is 13.1. The fourth-order valence-corrected chi connectivity index (χ4v) is 6.08. The Hall–Kier alpha value is -1.40. The van der Waals surface area contributed by atoms with Crippen LogP contribution in [0, 0.1) is 0 Å². The Labute approximate surface area is 165 Å². The minimum atomic E-state index is -0.301. The number of ether oxygens (including phenoxy) is 1. The Morgan fingerprint density at radius 3 is 2.56 bits per heavy atom. The molecule has 5 nitrogen and oxygen atoms in total. The third-order valence-electron chi connectivity index (χ3n) is 6.40. The van der Waals surface area contributed by atoms with Gasteiger partial charge in [-0.25, -0.2) is 0 Å². The van der Waals surface area contributed by atoms with E-state index in [2.05, 4.69) is 11.4 Å². The van der Waals surface area contributed by atoms with E-state index in [1.807, 2.05) is 4.90 Å². The van der Waals surface area contributed by atoms with E-state index >= 15 is 0 Å². The molecular weight excluding hydrogens is 360 g/mol. The van der Waals surface area contributed by atoms with Crippen molar-refractivity contribution in [3.8, 4) is 0 Å². The topological polar surface area (TPSA) is 58.6 Å². The Morgan fingerprint density at radius 1 is 1.19 bits per heavy atom. The normalized spacial score (nSPS) is 22.9. The summed E-state index contributed by atoms with van der Waals surface area (Å²) >= 11 is 1.61. The molecule has 1 aliphatic carbocycles. The number of likely N-dealkylation sites (tertiary alicyclic amines) is 1. The summed E-state index contributed by atoms with van der Waals surface area (Å²) in [5, 5.41) is 3.28. The Kier molecular flexibility index (Phi) is 5.55. The molecule has 1 saturated carbocycles. The third kappa shape index (κ3) is 3.92. The molecular formula is C21H30N2O3S. The summed E-state index contributed by atoms with van der Waals surface area (Å²) < 4.78 is 6.26. The molecule has 0 aromatic carbocycles. The number of nitrogens with one attached hydrogen (secondary N) is 1. The Morgan fingerprint density at radius 2 is 1.89 bits per heavy atom. The maximum Gasteiger partial charge on any atom is 0.261 e. The molecule has 1 aromatic heterocycles. The lowest BCUT2D eigenvalue weighted by atomic mass is 9.85. The Balaban J connectivity index is 1.49. The molecule has 2 aliphatic heterocycles. The summed E-state index contributed by atoms with van der Waals surface area (Å²) in [5.41, 5.74) is 0.971. The van der Waals surface area contributed by atoms with Crippen LogP contribution in [-0.2, 0) is 21.6 Å². The highest BCUT2D eigenvalue weighted by atomic mass is 32.1. The summed E-state index contributed by atoms with van der Waals surface area (Å²) in [5.74, 6) is 0.216. The molecule has 2 fully saturated rings. The molecule has 1 spiro atoms. The zero-order valence-electron chi connectivity index (χ0n) is 16.2. The van der Waals surface area contributed by atoms with Gasteiger partial charge in [0.15, 0.2) is 0 Å². The predicted octanol–water partition coefficient (Wildman–Crippen LogP) is 3.61. The number of amides is 2. The van der Waals surface area contributed by atoms with Crippen molar-refractivity contribution in [1.82, 2.24) is 10.2 Å². The van der Waals surface area contributed by atoms with Crippen LogP contribution >= 0.6 is 11.3 Å². The second kappa shape index (κ2) is 7.92. The van der Waals surface area contributed by atoms with Crippen molar-refractivity contribution in [3.63, 3.8) is 0 Å². The van der Waals surface area contributed by atoms with Gasteiger partial charge in [0, 0.05) is 30.9 Å². The number of thiophene rings is 1. The molecule has 4 rings (SSSR count). The first-order valence-electron chi connectivity index (χ1n) is 10.4. The van der Waals surface area contributed by atoms with Crippen molar-refractivity contribution in [1.29, 1.82) is 0 Å². The zero-order chi connectivity index (χ0) is 18.9. The van der Waals surface area contributed by atoms with Gasteiger partial charge in [0.2, 0.25) is 5.91 Å². The molecule has 2 amide bonds. The molecule has 0 radical (unpaired) electrons. The van der Waals surface area contributed by atoms with Gasteiger partial charge in [-0.2, -0.15) is 0 Å². The van der Waals surface area contributed by atoms with Gasteiger partial charge >= 0.3 is 0 Å².